The van der Waals surface area contributed by atoms with Gasteiger partial charge in [0.05, 0.1) is 0 Å². The molecule has 2 aromatic rings. The summed E-state index contributed by atoms with van der Waals surface area (Å²) in [6.07, 6.45) is 9.13. The Labute approximate surface area is 200 Å². The van der Waals surface area contributed by atoms with E-state index in [2.05, 4.69) is 17.0 Å². The number of para-hydroxylation sites is 1. The van der Waals surface area contributed by atoms with Crippen molar-refractivity contribution in [3.8, 4) is 17.2 Å². The Balaban J connectivity index is 1.12. The van der Waals surface area contributed by atoms with Crippen molar-refractivity contribution in [2.45, 2.75) is 56.4 Å². The van der Waals surface area contributed by atoms with Gasteiger partial charge in [-0.3, -0.25) is 4.79 Å². The van der Waals surface area contributed by atoms with Crippen LogP contribution >= 0.6 is 0 Å². The molecule has 0 radical (unpaired) electrons. The average Bonchev–Trinajstić information content (AvgIpc) is 3.66. The number of hydrogen-bond acceptors (Lipinski definition) is 5. The molecule has 34 heavy (non-hydrogen) atoms. The van der Waals surface area contributed by atoms with Gasteiger partial charge in [-0.1, -0.05) is 31.0 Å². The molecule has 1 saturated carbocycles. The van der Waals surface area contributed by atoms with E-state index in [1.54, 1.807) is 0 Å². The van der Waals surface area contributed by atoms with Crippen molar-refractivity contribution >= 4 is 11.6 Å². The highest BCUT2D eigenvalue weighted by atomic mass is 16.7. The number of ether oxygens (including phenoxy) is 3. The highest BCUT2D eigenvalue weighted by Crippen LogP contribution is 2.55. The maximum Gasteiger partial charge on any atom is 0.245 e. The second-order valence-corrected chi connectivity index (χ2v) is 10.6. The van der Waals surface area contributed by atoms with Gasteiger partial charge in [0.2, 0.25) is 12.7 Å². The number of nitrogens with zero attached hydrogens (tertiary/aromatic N) is 2. The SMILES string of the molecule is O=C1N(CCC2CCN(C3CCCC3)CC2)c2ccccc2C12COc1cc3c(cc12)OCO3. The highest BCUT2D eigenvalue weighted by Gasteiger charge is 2.57. The molecule has 1 unspecified atom stereocenters. The molecule has 1 saturated heterocycles. The first-order valence-corrected chi connectivity index (χ1v) is 13.0. The predicted octanol–water partition coefficient (Wildman–Crippen LogP) is 4.49. The van der Waals surface area contributed by atoms with Gasteiger partial charge in [-0.15, -0.1) is 0 Å². The van der Waals surface area contributed by atoms with Crippen LogP contribution in [0.25, 0.3) is 0 Å². The summed E-state index contributed by atoms with van der Waals surface area (Å²) in [4.78, 5) is 18.9. The third-order valence-electron chi connectivity index (χ3n) is 8.89. The number of benzene rings is 2. The molecular weight excluding hydrogens is 428 g/mol. The zero-order chi connectivity index (χ0) is 22.7. The summed E-state index contributed by atoms with van der Waals surface area (Å²) in [5.41, 5.74) is 2.19. The minimum atomic E-state index is -0.793. The van der Waals surface area contributed by atoms with Crippen molar-refractivity contribution < 1.29 is 19.0 Å². The van der Waals surface area contributed by atoms with E-state index in [1.807, 2.05) is 29.2 Å². The normalized spacial score (nSPS) is 26.4. The zero-order valence-corrected chi connectivity index (χ0v) is 19.6. The number of likely N-dealkylation sites (tertiary alicyclic amines) is 1. The highest BCUT2D eigenvalue weighted by molar-refractivity contribution is 6.11. The summed E-state index contributed by atoms with van der Waals surface area (Å²) < 4.78 is 17.3. The van der Waals surface area contributed by atoms with Gasteiger partial charge in [0.25, 0.3) is 0 Å². The maximum absolute atomic E-state index is 14.1. The first kappa shape index (κ1) is 20.6. The summed E-state index contributed by atoms with van der Waals surface area (Å²) in [7, 11) is 0. The quantitative estimate of drug-likeness (QED) is 0.673. The Morgan fingerprint density at radius 2 is 1.65 bits per heavy atom. The lowest BCUT2D eigenvalue weighted by Crippen LogP contribution is -2.44. The van der Waals surface area contributed by atoms with E-state index in [4.69, 9.17) is 14.2 Å². The van der Waals surface area contributed by atoms with E-state index in [0.717, 1.165) is 41.6 Å². The molecule has 6 heteroatoms. The molecular formula is C28H32N2O4. The van der Waals surface area contributed by atoms with Crippen molar-refractivity contribution in [1.82, 2.24) is 4.90 Å². The molecule has 0 bridgehead atoms. The first-order valence-electron chi connectivity index (χ1n) is 13.0. The number of carbonyl (C=O) groups is 1. The van der Waals surface area contributed by atoms with Gasteiger partial charge >= 0.3 is 0 Å². The third-order valence-corrected chi connectivity index (χ3v) is 8.89. The van der Waals surface area contributed by atoms with Crippen LogP contribution in [0.4, 0.5) is 5.69 Å². The molecule has 0 N–H and O–H groups in total. The van der Waals surface area contributed by atoms with E-state index >= 15 is 0 Å². The van der Waals surface area contributed by atoms with Crippen LogP contribution in [0.15, 0.2) is 36.4 Å². The number of rotatable bonds is 4. The molecule has 6 nitrogen and oxygen atoms in total. The molecule has 0 aromatic heterocycles. The summed E-state index contributed by atoms with van der Waals surface area (Å²) >= 11 is 0. The molecule has 1 spiro atoms. The van der Waals surface area contributed by atoms with Gasteiger partial charge in [-0.2, -0.15) is 0 Å². The lowest BCUT2D eigenvalue weighted by molar-refractivity contribution is -0.122. The Bertz CT molecular complexity index is 1120. The van der Waals surface area contributed by atoms with Gasteiger partial charge in [-0.05, 0) is 68.8 Å². The number of amides is 1. The van der Waals surface area contributed by atoms with Crippen LogP contribution in [0.1, 0.15) is 56.1 Å². The molecule has 5 aliphatic rings. The van der Waals surface area contributed by atoms with Crippen molar-refractivity contribution in [3.05, 3.63) is 47.5 Å². The Kier molecular flexibility index (Phi) is 4.80. The standard InChI is InChI=1S/C28H32N2O4/c31-27-28(17-32-24-16-26-25(15-22(24)28)33-18-34-26)21-7-3-4-8-23(21)30(27)14-11-19-9-12-29(13-10-19)20-5-1-2-6-20/h3-4,7-8,15-16,19-20H,1-2,5-6,9-14,17-18H2. The second kappa shape index (κ2) is 7.91. The monoisotopic (exact) mass is 460 g/mol. The van der Waals surface area contributed by atoms with E-state index in [0.29, 0.717) is 24.0 Å². The van der Waals surface area contributed by atoms with Gasteiger partial charge in [0.1, 0.15) is 17.8 Å². The first-order chi connectivity index (χ1) is 16.7. The summed E-state index contributed by atoms with van der Waals surface area (Å²) in [5, 5.41) is 0. The van der Waals surface area contributed by atoms with Crippen molar-refractivity contribution in [3.63, 3.8) is 0 Å². The van der Waals surface area contributed by atoms with Crippen LogP contribution < -0.4 is 19.1 Å². The van der Waals surface area contributed by atoms with Crippen LogP contribution in [0, 0.1) is 5.92 Å². The number of anilines is 1. The van der Waals surface area contributed by atoms with Crippen molar-refractivity contribution in [2.24, 2.45) is 5.92 Å². The van der Waals surface area contributed by atoms with Gasteiger partial charge in [0, 0.05) is 29.9 Å². The van der Waals surface area contributed by atoms with E-state index < -0.39 is 5.41 Å². The molecule has 178 valence electrons. The molecule has 4 aliphatic heterocycles. The Morgan fingerprint density at radius 3 is 2.47 bits per heavy atom. The summed E-state index contributed by atoms with van der Waals surface area (Å²) in [6.45, 7) is 3.75. The fourth-order valence-electron chi connectivity index (χ4n) is 6.97. The van der Waals surface area contributed by atoms with E-state index in [-0.39, 0.29) is 12.7 Å². The number of carbonyl (C=O) groups excluding carboxylic acids is 1. The minimum absolute atomic E-state index is 0.134. The third kappa shape index (κ3) is 3.00. The fourth-order valence-corrected chi connectivity index (χ4v) is 6.97. The van der Waals surface area contributed by atoms with Crippen molar-refractivity contribution in [1.29, 1.82) is 0 Å². The molecule has 1 aliphatic carbocycles. The molecule has 2 aromatic carbocycles. The lowest BCUT2D eigenvalue weighted by Gasteiger charge is -2.36. The average molecular weight is 461 g/mol. The van der Waals surface area contributed by atoms with Crippen molar-refractivity contribution in [2.75, 3.05) is 37.9 Å². The van der Waals surface area contributed by atoms with Gasteiger partial charge in [0.15, 0.2) is 11.5 Å². The smallest absolute Gasteiger partial charge is 0.245 e. The number of fused-ring (bicyclic) bond motifs is 5. The van der Waals surface area contributed by atoms with Crippen LogP contribution in [0.5, 0.6) is 17.2 Å². The van der Waals surface area contributed by atoms with E-state index in [9.17, 15) is 4.79 Å². The molecule has 1 atom stereocenters. The van der Waals surface area contributed by atoms with Gasteiger partial charge in [-0.25, -0.2) is 0 Å². The minimum Gasteiger partial charge on any atom is -0.491 e. The second-order valence-electron chi connectivity index (χ2n) is 10.6. The topological polar surface area (TPSA) is 51.2 Å². The van der Waals surface area contributed by atoms with E-state index in [1.165, 1.54) is 51.6 Å². The number of piperidine rings is 1. The fraction of sp³-hybridized carbons (Fsp3) is 0.536. The van der Waals surface area contributed by atoms with Gasteiger partial charge < -0.3 is 24.0 Å². The molecule has 7 rings (SSSR count). The Morgan fingerprint density at radius 1 is 0.882 bits per heavy atom. The molecule has 4 heterocycles. The summed E-state index contributed by atoms with van der Waals surface area (Å²) in [5.74, 6) is 2.94. The summed E-state index contributed by atoms with van der Waals surface area (Å²) in [6, 6.07) is 12.9. The number of hydrogen-bond donors (Lipinski definition) is 0. The Hall–Kier alpha value is -2.73. The van der Waals surface area contributed by atoms with Crippen LogP contribution in [0.2, 0.25) is 0 Å². The zero-order valence-electron chi connectivity index (χ0n) is 19.6. The predicted molar refractivity (Wildman–Crippen MR) is 129 cm³/mol. The van der Waals surface area contributed by atoms with Crippen LogP contribution in [0.3, 0.4) is 0 Å². The molecule has 2 fully saturated rings. The van der Waals surface area contributed by atoms with Crippen LogP contribution in [-0.2, 0) is 10.2 Å². The largest absolute Gasteiger partial charge is 0.491 e. The molecule has 1 amide bonds. The van der Waals surface area contributed by atoms with Crippen LogP contribution in [-0.4, -0.2) is 49.9 Å². The maximum atomic E-state index is 14.1. The lowest BCUT2D eigenvalue weighted by atomic mass is 9.77.